The van der Waals surface area contributed by atoms with Gasteiger partial charge in [-0.1, -0.05) is 60.7 Å². The molecule has 0 radical (unpaired) electrons. The minimum Gasteiger partial charge on any atom is -0.378 e. The van der Waals surface area contributed by atoms with Gasteiger partial charge in [-0.15, -0.1) is 0 Å². The van der Waals surface area contributed by atoms with Crippen molar-refractivity contribution in [1.82, 2.24) is 4.90 Å². The number of para-hydroxylation sites is 1. The maximum Gasteiger partial charge on any atom is 0.0688 e. The van der Waals surface area contributed by atoms with Crippen LogP contribution < -0.4 is 5.43 Å². The van der Waals surface area contributed by atoms with Gasteiger partial charge in [0.25, 0.3) is 0 Å². The van der Waals surface area contributed by atoms with Crippen LogP contribution in [0.3, 0.4) is 0 Å². The van der Waals surface area contributed by atoms with Crippen molar-refractivity contribution in [2.45, 2.75) is 6.42 Å². The lowest BCUT2D eigenvalue weighted by Gasteiger charge is -2.13. The molecule has 3 heteroatoms. The Morgan fingerprint density at radius 1 is 1.00 bits per heavy atom. The average molecular weight is 317 g/mol. The number of likely N-dealkylation sites (N-methyl/N-ethyl adjacent to an activating group) is 1. The Kier molecular flexibility index (Phi) is 5.12. The van der Waals surface area contributed by atoms with Gasteiger partial charge in [0.1, 0.15) is 0 Å². The Balaban J connectivity index is 1.80. The topological polar surface area (TPSA) is 27.6 Å². The fraction of sp³-hybridized carbons (Fsp3) is 0.190. The highest BCUT2D eigenvalue weighted by atomic mass is 15.3. The van der Waals surface area contributed by atoms with Gasteiger partial charge in [0, 0.05) is 32.1 Å². The van der Waals surface area contributed by atoms with Crippen LogP contribution in [0.2, 0.25) is 0 Å². The van der Waals surface area contributed by atoms with Crippen molar-refractivity contribution in [3.05, 3.63) is 90.2 Å². The van der Waals surface area contributed by atoms with E-state index in [-0.39, 0.29) is 0 Å². The minimum atomic E-state index is 0.374. The number of anilines is 1. The molecular formula is C21H23N3. The summed E-state index contributed by atoms with van der Waals surface area (Å²) in [5, 5.41) is 4.69. The van der Waals surface area contributed by atoms with Gasteiger partial charge >= 0.3 is 0 Å². The maximum atomic E-state index is 4.69. The molecule has 0 saturated carbocycles. The van der Waals surface area contributed by atoms with E-state index in [4.69, 9.17) is 0 Å². The lowest BCUT2D eigenvalue weighted by Crippen LogP contribution is -2.10. The molecule has 0 saturated heterocycles. The fourth-order valence-corrected chi connectivity index (χ4v) is 2.70. The molecule has 1 unspecified atom stereocenters. The first-order valence-electron chi connectivity index (χ1n) is 8.23. The van der Waals surface area contributed by atoms with Gasteiger partial charge in [0.15, 0.2) is 0 Å². The van der Waals surface area contributed by atoms with Crippen LogP contribution in [0.4, 0.5) is 5.69 Å². The minimum absolute atomic E-state index is 0.374. The largest absolute Gasteiger partial charge is 0.378 e. The summed E-state index contributed by atoms with van der Waals surface area (Å²) in [7, 11) is 4.14. The highest BCUT2D eigenvalue weighted by Gasteiger charge is 2.15. The number of hydrazone groups is 1. The predicted octanol–water partition coefficient (Wildman–Crippen LogP) is 4.52. The number of benzene rings is 2. The van der Waals surface area contributed by atoms with Crippen molar-refractivity contribution in [2.75, 3.05) is 19.5 Å². The molecule has 2 aromatic rings. The molecule has 2 aromatic carbocycles. The molecule has 0 heterocycles. The molecule has 3 nitrogen and oxygen atoms in total. The number of hydrogen-bond donors (Lipinski definition) is 1. The highest BCUT2D eigenvalue weighted by Crippen LogP contribution is 2.23. The van der Waals surface area contributed by atoms with Crippen molar-refractivity contribution in [3.8, 4) is 0 Å². The molecule has 3 rings (SSSR count). The molecule has 0 fully saturated rings. The quantitative estimate of drug-likeness (QED) is 0.626. The Morgan fingerprint density at radius 3 is 2.29 bits per heavy atom. The maximum absolute atomic E-state index is 4.69. The van der Waals surface area contributed by atoms with E-state index in [1.54, 1.807) is 0 Å². The van der Waals surface area contributed by atoms with Gasteiger partial charge in [-0.05, 0) is 23.8 Å². The zero-order valence-corrected chi connectivity index (χ0v) is 14.2. The summed E-state index contributed by atoms with van der Waals surface area (Å²) in [5.41, 5.74) is 7.65. The summed E-state index contributed by atoms with van der Waals surface area (Å²) in [6, 6.07) is 20.4. The molecule has 1 N–H and O–H groups in total. The van der Waals surface area contributed by atoms with Crippen LogP contribution >= 0.6 is 0 Å². The van der Waals surface area contributed by atoms with E-state index >= 15 is 0 Å². The molecule has 1 aliphatic carbocycles. The highest BCUT2D eigenvalue weighted by molar-refractivity contribution is 6.01. The lowest BCUT2D eigenvalue weighted by molar-refractivity contribution is 0.529. The normalized spacial score (nSPS) is 16.8. The standard InChI is InChI=1S/C21H23N3/c1-24(2)20-14-13-17(15-20)16-21(18-9-5-3-6-10-18)23-22-19-11-7-4-8-12-19/h3-15,17,22H,16H2,1-2H3. The van der Waals surface area contributed by atoms with Crippen molar-refractivity contribution < 1.29 is 0 Å². The third-order valence-corrected chi connectivity index (χ3v) is 4.05. The number of allylic oxidation sites excluding steroid dienone is 3. The molecule has 0 aliphatic heterocycles. The van der Waals surface area contributed by atoms with Gasteiger partial charge in [-0.25, -0.2) is 0 Å². The smallest absolute Gasteiger partial charge is 0.0688 e. The fourth-order valence-electron chi connectivity index (χ4n) is 2.70. The van der Waals surface area contributed by atoms with Gasteiger partial charge in [-0.3, -0.25) is 5.43 Å². The molecular weight excluding hydrogens is 294 g/mol. The number of hydrogen-bond acceptors (Lipinski definition) is 3. The van der Waals surface area contributed by atoms with Gasteiger partial charge in [0.2, 0.25) is 0 Å². The third kappa shape index (κ3) is 4.13. The van der Waals surface area contributed by atoms with E-state index in [2.05, 4.69) is 72.0 Å². The Labute approximate surface area is 144 Å². The summed E-state index contributed by atoms with van der Waals surface area (Å²) in [5.74, 6) is 0.374. The first-order chi connectivity index (χ1) is 11.7. The second-order valence-corrected chi connectivity index (χ2v) is 6.12. The predicted molar refractivity (Wildman–Crippen MR) is 102 cm³/mol. The summed E-state index contributed by atoms with van der Waals surface area (Å²) in [6.45, 7) is 0. The van der Waals surface area contributed by atoms with Crippen LogP contribution in [0, 0.1) is 5.92 Å². The van der Waals surface area contributed by atoms with Crippen LogP contribution in [0.15, 0.2) is 89.7 Å². The van der Waals surface area contributed by atoms with Crippen LogP contribution in [0.5, 0.6) is 0 Å². The first kappa shape index (κ1) is 16.1. The Bertz CT molecular complexity index is 743. The summed E-state index contributed by atoms with van der Waals surface area (Å²) < 4.78 is 0. The van der Waals surface area contributed by atoms with Crippen molar-refractivity contribution in [2.24, 2.45) is 11.0 Å². The van der Waals surface area contributed by atoms with E-state index in [1.165, 1.54) is 5.70 Å². The van der Waals surface area contributed by atoms with Crippen molar-refractivity contribution in [3.63, 3.8) is 0 Å². The van der Waals surface area contributed by atoms with Crippen LogP contribution in [0.25, 0.3) is 0 Å². The van der Waals surface area contributed by atoms with Gasteiger partial charge in [0.05, 0.1) is 11.4 Å². The monoisotopic (exact) mass is 317 g/mol. The van der Waals surface area contributed by atoms with E-state index in [0.717, 1.165) is 23.4 Å². The molecule has 0 bridgehead atoms. The van der Waals surface area contributed by atoms with E-state index in [0.29, 0.717) is 5.92 Å². The van der Waals surface area contributed by atoms with Gasteiger partial charge < -0.3 is 4.90 Å². The molecule has 0 amide bonds. The zero-order chi connectivity index (χ0) is 16.8. The van der Waals surface area contributed by atoms with E-state index in [1.807, 2.05) is 36.4 Å². The number of rotatable bonds is 6. The average Bonchev–Trinajstić information content (AvgIpc) is 3.09. The summed E-state index contributed by atoms with van der Waals surface area (Å²) in [6.07, 6.45) is 7.59. The van der Waals surface area contributed by atoms with Crippen molar-refractivity contribution >= 4 is 11.4 Å². The third-order valence-electron chi connectivity index (χ3n) is 4.05. The lowest BCUT2D eigenvalue weighted by atomic mass is 9.99. The number of nitrogens with one attached hydrogen (secondary N) is 1. The Hall–Kier alpha value is -2.81. The molecule has 24 heavy (non-hydrogen) atoms. The molecule has 1 atom stereocenters. The molecule has 122 valence electrons. The summed E-state index contributed by atoms with van der Waals surface area (Å²) >= 11 is 0. The van der Waals surface area contributed by atoms with Crippen LogP contribution in [0.1, 0.15) is 12.0 Å². The molecule has 0 spiro atoms. The molecule has 0 aromatic heterocycles. The number of nitrogens with zero attached hydrogens (tertiary/aromatic N) is 2. The zero-order valence-electron chi connectivity index (χ0n) is 14.2. The SMILES string of the molecule is CN(C)C1=CC(CC(=NNc2ccccc2)c2ccccc2)C=C1. The van der Waals surface area contributed by atoms with E-state index < -0.39 is 0 Å². The summed E-state index contributed by atoms with van der Waals surface area (Å²) in [4.78, 5) is 2.14. The van der Waals surface area contributed by atoms with Crippen LogP contribution in [-0.2, 0) is 0 Å². The first-order valence-corrected chi connectivity index (χ1v) is 8.23. The second-order valence-electron chi connectivity index (χ2n) is 6.12. The van der Waals surface area contributed by atoms with Crippen molar-refractivity contribution in [1.29, 1.82) is 0 Å². The molecule has 1 aliphatic rings. The second kappa shape index (κ2) is 7.64. The van der Waals surface area contributed by atoms with Crippen LogP contribution in [-0.4, -0.2) is 24.7 Å². The van der Waals surface area contributed by atoms with Gasteiger partial charge in [-0.2, -0.15) is 5.10 Å². The van der Waals surface area contributed by atoms with E-state index in [9.17, 15) is 0 Å². The Morgan fingerprint density at radius 2 is 1.67 bits per heavy atom.